The second-order valence-electron chi connectivity index (χ2n) is 1.78. The fourth-order valence-corrected chi connectivity index (χ4v) is 0.630. The molecule has 0 atom stereocenters. The normalized spacial score (nSPS) is 9.64. The van der Waals surface area contributed by atoms with Gasteiger partial charge in [0.25, 0.3) is 0 Å². The zero-order valence-corrected chi connectivity index (χ0v) is 6.76. The molecule has 4 heteroatoms. The monoisotopic (exact) mass is 172 g/mol. The van der Waals surface area contributed by atoms with Gasteiger partial charge in [0.05, 0.1) is 6.20 Å². The van der Waals surface area contributed by atoms with Crippen LogP contribution in [0.2, 0.25) is 5.15 Å². The van der Waals surface area contributed by atoms with E-state index in [-0.39, 0.29) is 6.79 Å². The molecule has 0 amide bonds. The molecular weight excluding hydrogens is 166 g/mol. The Hall–Kier alpha value is -0.800. The lowest BCUT2D eigenvalue weighted by molar-refractivity contribution is 0.0507. The second kappa shape index (κ2) is 4.16. The molecule has 1 radical (unpaired) electrons. The zero-order chi connectivity index (χ0) is 8.10. The maximum absolute atomic E-state index is 5.52. The largest absolute Gasteiger partial charge is 0.465 e. The van der Waals surface area contributed by atoms with Gasteiger partial charge in [-0.3, -0.25) is 0 Å². The zero-order valence-electron chi connectivity index (χ0n) is 6.00. The average Bonchev–Trinajstić information content (AvgIpc) is 2.04. The molecule has 0 N–H and O–H groups in total. The Balaban J connectivity index is 2.52. The summed E-state index contributed by atoms with van der Waals surface area (Å²) in [5, 5.41) is 0.398. The van der Waals surface area contributed by atoms with Gasteiger partial charge >= 0.3 is 0 Å². The number of hydrogen-bond acceptors (Lipinski definition) is 3. The molecule has 1 rings (SSSR count). The van der Waals surface area contributed by atoms with Crippen LogP contribution >= 0.6 is 11.6 Å². The van der Waals surface area contributed by atoms with E-state index in [9.17, 15) is 0 Å². The Morgan fingerprint density at radius 1 is 1.73 bits per heavy atom. The van der Waals surface area contributed by atoms with Crippen LogP contribution in [0.25, 0.3) is 0 Å². The minimum absolute atomic E-state index is 0.194. The van der Waals surface area contributed by atoms with Crippen LogP contribution in [0.1, 0.15) is 0 Å². The van der Waals surface area contributed by atoms with Gasteiger partial charge in [0, 0.05) is 13.2 Å². The molecule has 1 heterocycles. The van der Waals surface area contributed by atoms with E-state index in [0.29, 0.717) is 10.9 Å². The third kappa shape index (κ3) is 2.74. The van der Waals surface area contributed by atoms with E-state index in [2.05, 4.69) is 15.8 Å². The molecule has 0 unspecified atom stereocenters. The third-order valence-electron chi connectivity index (χ3n) is 0.971. The highest BCUT2D eigenvalue weighted by molar-refractivity contribution is 6.29. The van der Waals surface area contributed by atoms with Crippen molar-refractivity contribution in [3.8, 4) is 5.75 Å². The lowest BCUT2D eigenvalue weighted by Gasteiger charge is -2.01. The first-order valence-electron chi connectivity index (χ1n) is 2.98. The number of halogens is 1. The molecule has 1 aromatic rings. The Kier molecular flexibility index (Phi) is 3.14. The predicted octanol–water partition coefficient (Wildman–Crippen LogP) is 1.52. The Morgan fingerprint density at radius 3 is 3.09 bits per heavy atom. The summed E-state index contributed by atoms with van der Waals surface area (Å²) in [7, 11) is 1.54. The maximum atomic E-state index is 5.52. The van der Waals surface area contributed by atoms with E-state index in [4.69, 9.17) is 16.3 Å². The van der Waals surface area contributed by atoms with Crippen LogP contribution in [-0.4, -0.2) is 18.9 Å². The van der Waals surface area contributed by atoms with Crippen molar-refractivity contribution in [1.29, 1.82) is 0 Å². The standard InChI is InChI=1S/C7H7ClNO2/c1-10-5-11-6-2-3-7(8)9-4-6/h3-4H,5H2,1H3. The van der Waals surface area contributed by atoms with Crippen LogP contribution in [0.3, 0.4) is 0 Å². The molecule has 0 saturated heterocycles. The van der Waals surface area contributed by atoms with Crippen molar-refractivity contribution in [2.45, 2.75) is 0 Å². The van der Waals surface area contributed by atoms with Crippen LogP contribution in [0.5, 0.6) is 5.75 Å². The highest BCUT2D eigenvalue weighted by Gasteiger charge is 1.93. The Labute approximate surface area is 69.9 Å². The summed E-state index contributed by atoms with van der Waals surface area (Å²) in [6, 6.07) is 4.31. The van der Waals surface area contributed by atoms with Crippen LogP contribution in [0, 0.1) is 6.07 Å². The number of aromatic nitrogens is 1. The third-order valence-corrected chi connectivity index (χ3v) is 1.18. The first-order valence-corrected chi connectivity index (χ1v) is 3.35. The molecule has 0 aliphatic rings. The van der Waals surface area contributed by atoms with E-state index in [0.717, 1.165) is 0 Å². The molecule has 1 aromatic heterocycles. The van der Waals surface area contributed by atoms with Gasteiger partial charge in [0.1, 0.15) is 10.9 Å². The molecule has 0 aliphatic carbocycles. The van der Waals surface area contributed by atoms with E-state index in [1.54, 1.807) is 7.11 Å². The molecule has 0 bridgehead atoms. The molecule has 0 fully saturated rings. The summed E-state index contributed by atoms with van der Waals surface area (Å²) < 4.78 is 9.68. The summed E-state index contributed by atoms with van der Waals surface area (Å²) in [6.45, 7) is 0.194. The first kappa shape index (κ1) is 8.30. The van der Waals surface area contributed by atoms with Crippen molar-refractivity contribution in [3.05, 3.63) is 23.5 Å². The highest BCUT2D eigenvalue weighted by Crippen LogP contribution is 2.10. The lowest BCUT2D eigenvalue weighted by atomic mass is 10.5. The van der Waals surface area contributed by atoms with Gasteiger partial charge in [-0.25, -0.2) is 4.98 Å². The second-order valence-corrected chi connectivity index (χ2v) is 2.17. The molecule has 11 heavy (non-hydrogen) atoms. The smallest absolute Gasteiger partial charge is 0.188 e. The van der Waals surface area contributed by atoms with Crippen molar-refractivity contribution < 1.29 is 9.47 Å². The predicted molar refractivity (Wildman–Crippen MR) is 40.6 cm³/mol. The topological polar surface area (TPSA) is 31.4 Å². The van der Waals surface area contributed by atoms with Crippen molar-refractivity contribution in [1.82, 2.24) is 4.98 Å². The van der Waals surface area contributed by atoms with Crippen molar-refractivity contribution in [2.75, 3.05) is 13.9 Å². The molecule has 0 aliphatic heterocycles. The number of hydrogen-bond donors (Lipinski definition) is 0. The quantitative estimate of drug-likeness (QED) is 0.512. The average molecular weight is 173 g/mol. The van der Waals surface area contributed by atoms with Gasteiger partial charge in [0.2, 0.25) is 0 Å². The number of pyridine rings is 1. The summed E-state index contributed by atoms with van der Waals surface area (Å²) in [5.74, 6) is 0.524. The molecule has 59 valence electrons. The summed E-state index contributed by atoms with van der Waals surface area (Å²) in [6.07, 6.45) is 1.49. The van der Waals surface area contributed by atoms with E-state index >= 15 is 0 Å². The molecule has 3 nitrogen and oxygen atoms in total. The van der Waals surface area contributed by atoms with Gasteiger partial charge in [-0.2, -0.15) is 0 Å². The van der Waals surface area contributed by atoms with Crippen LogP contribution in [-0.2, 0) is 4.74 Å². The fourth-order valence-electron chi connectivity index (χ4n) is 0.527. The molecule has 0 aromatic carbocycles. The number of ether oxygens (including phenoxy) is 2. The van der Waals surface area contributed by atoms with Gasteiger partial charge in [-0.15, -0.1) is 0 Å². The lowest BCUT2D eigenvalue weighted by Crippen LogP contribution is -1.98. The number of nitrogens with zero attached hydrogens (tertiary/aromatic N) is 1. The van der Waals surface area contributed by atoms with Gasteiger partial charge < -0.3 is 9.47 Å². The highest BCUT2D eigenvalue weighted by atomic mass is 35.5. The van der Waals surface area contributed by atoms with E-state index in [1.165, 1.54) is 12.3 Å². The van der Waals surface area contributed by atoms with E-state index in [1.807, 2.05) is 0 Å². The van der Waals surface area contributed by atoms with Gasteiger partial charge in [-0.1, -0.05) is 11.6 Å². The summed E-state index contributed by atoms with van der Waals surface area (Å²) >= 11 is 5.52. The van der Waals surface area contributed by atoms with Gasteiger partial charge in [-0.05, 0) is 6.07 Å². The van der Waals surface area contributed by atoms with Gasteiger partial charge in [0.15, 0.2) is 6.79 Å². The van der Waals surface area contributed by atoms with Crippen molar-refractivity contribution >= 4 is 11.6 Å². The van der Waals surface area contributed by atoms with Crippen LogP contribution in [0.15, 0.2) is 12.3 Å². The van der Waals surface area contributed by atoms with Crippen molar-refractivity contribution in [3.63, 3.8) is 0 Å². The summed E-state index contributed by atoms with van der Waals surface area (Å²) in [5.41, 5.74) is 0. The van der Waals surface area contributed by atoms with Crippen LogP contribution < -0.4 is 4.74 Å². The first-order chi connectivity index (χ1) is 5.33. The van der Waals surface area contributed by atoms with Crippen LogP contribution in [0.4, 0.5) is 0 Å². The molecule has 0 spiro atoms. The molecule has 0 saturated carbocycles. The molecular formula is C7H7ClNO2. The van der Waals surface area contributed by atoms with Crippen molar-refractivity contribution in [2.24, 2.45) is 0 Å². The van der Waals surface area contributed by atoms with E-state index < -0.39 is 0 Å². The minimum Gasteiger partial charge on any atom is -0.465 e. The SMILES string of the molecule is COCOc1[c]cc(Cl)nc1. The Morgan fingerprint density at radius 2 is 2.55 bits per heavy atom. The summed E-state index contributed by atoms with van der Waals surface area (Å²) in [4.78, 5) is 3.79. The minimum atomic E-state index is 0.194. The maximum Gasteiger partial charge on any atom is 0.188 e. The fraction of sp³-hybridized carbons (Fsp3) is 0.286. The number of methoxy groups -OCH3 is 1. The number of rotatable bonds is 3. The Bertz CT molecular complexity index is 212.